The van der Waals surface area contributed by atoms with Crippen LogP contribution < -0.4 is 10.3 Å². The van der Waals surface area contributed by atoms with E-state index in [4.69, 9.17) is 9.07 Å². The Morgan fingerprint density at radius 2 is 2.04 bits per heavy atom. The molecule has 0 unspecified atom stereocenters. The van der Waals surface area contributed by atoms with Crippen molar-refractivity contribution in [1.82, 2.24) is 14.5 Å². The first-order valence-electron chi connectivity index (χ1n) is 6.76. The summed E-state index contributed by atoms with van der Waals surface area (Å²) in [6.45, 7) is 0. The third-order valence-electron chi connectivity index (χ3n) is 3.13. The van der Waals surface area contributed by atoms with Crippen LogP contribution in [0.2, 0.25) is 0 Å². The maximum absolute atomic E-state index is 13.7. The van der Waals surface area contributed by atoms with Crippen molar-refractivity contribution < 1.29 is 18.3 Å². The summed E-state index contributed by atoms with van der Waals surface area (Å²) in [5.74, 6) is -0.609. The van der Waals surface area contributed by atoms with Crippen LogP contribution in [0.1, 0.15) is 0 Å². The number of halogens is 1. The van der Waals surface area contributed by atoms with Gasteiger partial charge < -0.3 is 4.74 Å². The van der Waals surface area contributed by atoms with Crippen molar-refractivity contribution in [3.63, 3.8) is 0 Å². The van der Waals surface area contributed by atoms with E-state index in [2.05, 4.69) is 14.9 Å². The molecule has 0 atom stereocenters. The van der Waals surface area contributed by atoms with Crippen LogP contribution in [0.4, 0.5) is 4.39 Å². The summed E-state index contributed by atoms with van der Waals surface area (Å²) in [5.41, 5.74) is -0.0638. The number of para-hydroxylation sites is 1. The number of fused-ring (bicyclic) bond motifs is 1. The quantitative estimate of drug-likeness (QED) is 0.303. The first kappa shape index (κ1) is 16.4. The summed E-state index contributed by atoms with van der Waals surface area (Å²) < 4.78 is 25.1. The number of hydrogen-bond donors (Lipinski definition) is 0. The predicted molar refractivity (Wildman–Crippen MR) is 85.2 cm³/mol. The molecule has 9 heteroatoms. The Bertz CT molecular complexity index is 948. The number of hydrogen-bond acceptors (Lipinski definition) is 7. The van der Waals surface area contributed by atoms with Crippen molar-refractivity contribution in [3.05, 3.63) is 52.7 Å². The molecule has 0 aliphatic heterocycles. The third kappa shape index (κ3) is 3.23. The molecule has 0 saturated heterocycles. The minimum absolute atomic E-state index is 0.0211. The highest BCUT2D eigenvalue weighted by Crippen LogP contribution is 2.24. The molecular weight excluding hydrogens is 337 g/mol. The second kappa shape index (κ2) is 6.95. The predicted octanol–water partition coefficient (Wildman–Crippen LogP) is 2.85. The minimum Gasteiger partial charge on any atom is -0.448 e. The molecule has 1 aromatic carbocycles. The van der Waals surface area contributed by atoms with E-state index in [1.54, 1.807) is 6.07 Å². The highest BCUT2D eigenvalue weighted by Gasteiger charge is 2.13. The fraction of sp³-hybridized carbons (Fsp3) is 0.133. The maximum Gasteiger partial charge on any atom is 0.294 e. The van der Waals surface area contributed by atoms with Crippen molar-refractivity contribution in [1.29, 1.82) is 0 Å². The fourth-order valence-electron chi connectivity index (χ4n) is 2.03. The smallest absolute Gasteiger partial charge is 0.294 e. The molecule has 0 amide bonds. The lowest BCUT2D eigenvalue weighted by atomic mass is 10.3. The first-order chi connectivity index (χ1) is 11.6. The molecule has 0 aliphatic carbocycles. The van der Waals surface area contributed by atoms with Gasteiger partial charge >= 0.3 is 0 Å². The normalized spacial score (nSPS) is 11.0. The number of benzene rings is 1. The van der Waals surface area contributed by atoms with Crippen molar-refractivity contribution in [2.75, 3.05) is 7.11 Å². The molecule has 24 heavy (non-hydrogen) atoms. The number of pyridine rings is 1. The van der Waals surface area contributed by atoms with Crippen LogP contribution >= 0.6 is 12.0 Å². The SMILES string of the molecule is COOSc1ncc2cc(Oc3ccccc3F)c(=O)n(C)c2n1. The molecular formula is C15H12FN3O4S. The van der Waals surface area contributed by atoms with E-state index in [0.29, 0.717) is 11.0 Å². The third-order valence-corrected chi connectivity index (χ3v) is 3.68. The largest absolute Gasteiger partial charge is 0.448 e. The van der Waals surface area contributed by atoms with Gasteiger partial charge in [0, 0.05) is 18.6 Å². The number of nitrogens with zero attached hydrogens (tertiary/aromatic N) is 3. The van der Waals surface area contributed by atoms with Gasteiger partial charge in [-0.15, -0.1) is 0 Å². The van der Waals surface area contributed by atoms with Gasteiger partial charge in [-0.1, -0.05) is 12.1 Å². The summed E-state index contributed by atoms with van der Waals surface area (Å²) in [4.78, 5) is 25.2. The molecule has 0 radical (unpaired) electrons. The van der Waals surface area contributed by atoms with Gasteiger partial charge in [0.1, 0.15) is 17.7 Å². The summed E-state index contributed by atoms with van der Waals surface area (Å²) in [6.07, 6.45) is 1.51. The highest BCUT2D eigenvalue weighted by molar-refractivity contribution is 7.94. The zero-order chi connectivity index (χ0) is 17.1. The van der Waals surface area contributed by atoms with Crippen molar-refractivity contribution in [2.24, 2.45) is 7.05 Å². The van der Waals surface area contributed by atoms with Crippen LogP contribution in [0.3, 0.4) is 0 Å². The van der Waals surface area contributed by atoms with Gasteiger partial charge in [0.2, 0.25) is 5.16 Å². The monoisotopic (exact) mass is 349 g/mol. The highest BCUT2D eigenvalue weighted by atomic mass is 32.2. The Labute approximate surface area is 140 Å². The molecule has 0 fully saturated rings. The lowest BCUT2D eigenvalue weighted by Gasteiger charge is -2.10. The summed E-state index contributed by atoms with van der Waals surface area (Å²) in [7, 11) is 2.90. The zero-order valence-corrected chi connectivity index (χ0v) is 13.5. The minimum atomic E-state index is -0.556. The first-order valence-corrected chi connectivity index (χ1v) is 7.51. The molecule has 3 aromatic rings. The Kier molecular flexibility index (Phi) is 4.74. The van der Waals surface area contributed by atoms with E-state index in [1.807, 2.05) is 0 Å². The van der Waals surface area contributed by atoms with Gasteiger partial charge in [0.05, 0.1) is 7.11 Å². The fourth-order valence-corrected chi connectivity index (χ4v) is 2.37. The summed E-state index contributed by atoms with van der Waals surface area (Å²) in [6, 6.07) is 7.32. The molecule has 7 nitrogen and oxygen atoms in total. The van der Waals surface area contributed by atoms with E-state index >= 15 is 0 Å². The molecule has 3 rings (SSSR count). The lowest BCUT2D eigenvalue weighted by Crippen LogP contribution is -2.19. The summed E-state index contributed by atoms with van der Waals surface area (Å²) >= 11 is 0.818. The number of ether oxygens (including phenoxy) is 1. The Morgan fingerprint density at radius 3 is 2.79 bits per heavy atom. The molecule has 0 N–H and O–H groups in total. The standard InChI is InChI=1S/C15H12FN3O4S/c1-19-13-9(8-17-15(18-13)24-23-21-2)7-12(14(19)20)22-11-6-4-3-5-10(11)16/h3-8H,1-2H3. The lowest BCUT2D eigenvalue weighted by molar-refractivity contribution is -0.160. The molecule has 2 aromatic heterocycles. The van der Waals surface area contributed by atoms with Crippen molar-refractivity contribution in [3.8, 4) is 11.5 Å². The van der Waals surface area contributed by atoms with Crippen molar-refractivity contribution in [2.45, 2.75) is 5.16 Å². The van der Waals surface area contributed by atoms with E-state index in [0.717, 1.165) is 12.0 Å². The Morgan fingerprint density at radius 1 is 1.25 bits per heavy atom. The van der Waals surface area contributed by atoms with Gasteiger partial charge in [-0.3, -0.25) is 9.36 Å². The number of aromatic nitrogens is 3. The molecule has 0 spiro atoms. The zero-order valence-electron chi connectivity index (χ0n) is 12.7. The van der Waals surface area contributed by atoms with Gasteiger partial charge in [-0.2, -0.15) is 4.33 Å². The van der Waals surface area contributed by atoms with Crippen LogP contribution in [0.5, 0.6) is 11.5 Å². The maximum atomic E-state index is 13.7. The molecule has 0 saturated carbocycles. The van der Waals surface area contributed by atoms with Gasteiger partial charge in [0.25, 0.3) is 5.56 Å². The van der Waals surface area contributed by atoms with Gasteiger partial charge in [-0.05, 0) is 18.2 Å². The van der Waals surface area contributed by atoms with E-state index in [1.165, 1.54) is 49.2 Å². The van der Waals surface area contributed by atoms with E-state index in [-0.39, 0.29) is 16.7 Å². The van der Waals surface area contributed by atoms with Crippen molar-refractivity contribution >= 4 is 23.1 Å². The second-order valence-electron chi connectivity index (χ2n) is 4.65. The summed E-state index contributed by atoms with van der Waals surface area (Å²) in [5, 5.41) is 0.840. The number of aryl methyl sites for hydroxylation is 1. The average Bonchev–Trinajstić information content (AvgIpc) is 2.59. The average molecular weight is 349 g/mol. The van der Waals surface area contributed by atoms with E-state index in [9.17, 15) is 9.18 Å². The molecule has 124 valence electrons. The number of rotatable bonds is 5. The Hall–Kier alpha value is -2.49. The van der Waals surface area contributed by atoms with Crippen LogP contribution in [0, 0.1) is 5.82 Å². The van der Waals surface area contributed by atoms with Crippen LogP contribution in [-0.2, 0) is 16.3 Å². The van der Waals surface area contributed by atoms with Gasteiger partial charge in [-0.25, -0.2) is 19.2 Å². The van der Waals surface area contributed by atoms with Gasteiger partial charge in [0.15, 0.2) is 17.3 Å². The molecule has 0 aliphatic rings. The Balaban J connectivity index is 2.03. The second-order valence-corrected chi connectivity index (χ2v) is 5.32. The topological polar surface area (TPSA) is 75.5 Å². The van der Waals surface area contributed by atoms with Crippen LogP contribution in [0.15, 0.2) is 46.5 Å². The molecule has 2 heterocycles. The molecule has 0 bridgehead atoms. The van der Waals surface area contributed by atoms with Crippen LogP contribution in [-0.4, -0.2) is 21.6 Å². The van der Waals surface area contributed by atoms with E-state index < -0.39 is 11.4 Å². The van der Waals surface area contributed by atoms with Crippen LogP contribution in [0.25, 0.3) is 11.0 Å².